The number of benzene rings is 2. The SMILES string of the molecule is CCC(=O)N1CCc2ccc(NC(=O)OCc3ccccc3)cc2C1. The standard InChI is InChI=1S/C20H22N2O3/c1-2-19(23)22-11-10-16-8-9-18(12-17(16)13-22)21-20(24)25-14-15-6-4-3-5-7-15/h3-9,12H,2,10-11,13-14H2,1H3,(H,21,24). The fraction of sp³-hybridized carbons (Fsp3) is 0.300. The highest BCUT2D eigenvalue weighted by Crippen LogP contribution is 2.23. The highest BCUT2D eigenvalue weighted by molar-refractivity contribution is 5.85. The number of ether oxygens (including phenoxy) is 1. The largest absolute Gasteiger partial charge is 0.444 e. The van der Waals surface area contributed by atoms with Gasteiger partial charge in [0.15, 0.2) is 0 Å². The van der Waals surface area contributed by atoms with E-state index in [1.165, 1.54) is 5.56 Å². The van der Waals surface area contributed by atoms with Crippen LogP contribution in [0.15, 0.2) is 48.5 Å². The first-order valence-corrected chi connectivity index (χ1v) is 8.53. The van der Waals surface area contributed by atoms with E-state index >= 15 is 0 Å². The van der Waals surface area contributed by atoms with Crippen molar-refractivity contribution in [2.24, 2.45) is 0 Å². The molecule has 0 saturated carbocycles. The maximum absolute atomic E-state index is 12.0. The third-order valence-electron chi connectivity index (χ3n) is 4.33. The van der Waals surface area contributed by atoms with E-state index in [0.29, 0.717) is 18.7 Å². The Labute approximate surface area is 147 Å². The van der Waals surface area contributed by atoms with Crippen LogP contribution in [0.4, 0.5) is 10.5 Å². The lowest BCUT2D eigenvalue weighted by molar-refractivity contribution is -0.131. The molecule has 0 aliphatic carbocycles. The molecule has 1 aliphatic heterocycles. The number of carbonyl (C=O) groups excluding carboxylic acids is 2. The summed E-state index contributed by atoms with van der Waals surface area (Å²) in [5.41, 5.74) is 3.93. The van der Waals surface area contributed by atoms with Gasteiger partial charge in [0, 0.05) is 25.2 Å². The van der Waals surface area contributed by atoms with Gasteiger partial charge in [-0.15, -0.1) is 0 Å². The van der Waals surface area contributed by atoms with Crippen LogP contribution < -0.4 is 5.32 Å². The molecule has 1 aliphatic rings. The van der Waals surface area contributed by atoms with E-state index in [-0.39, 0.29) is 12.5 Å². The van der Waals surface area contributed by atoms with Crippen molar-refractivity contribution in [3.05, 3.63) is 65.2 Å². The van der Waals surface area contributed by atoms with Crippen molar-refractivity contribution >= 4 is 17.7 Å². The average Bonchev–Trinajstić information content (AvgIpc) is 2.66. The fourth-order valence-corrected chi connectivity index (χ4v) is 2.95. The molecule has 2 aromatic carbocycles. The summed E-state index contributed by atoms with van der Waals surface area (Å²) in [6.07, 6.45) is 0.875. The Morgan fingerprint density at radius 2 is 1.92 bits per heavy atom. The molecule has 130 valence electrons. The molecule has 0 fully saturated rings. The van der Waals surface area contributed by atoms with Gasteiger partial charge in [-0.25, -0.2) is 4.79 Å². The number of amides is 2. The summed E-state index contributed by atoms with van der Waals surface area (Å²) in [5.74, 6) is 0.159. The Bertz CT molecular complexity index is 759. The molecule has 0 spiro atoms. The molecule has 2 amide bonds. The normalized spacial score (nSPS) is 13.1. The van der Waals surface area contributed by atoms with Crippen LogP contribution in [0, 0.1) is 0 Å². The Kier molecular flexibility index (Phi) is 5.33. The van der Waals surface area contributed by atoms with E-state index in [1.807, 2.05) is 60.4 Å². The summed E-state index contributed by atoms with van der Waals surface area (Å²) in [6, 6.07) is 15.4. The van der Waals surface area contributed by atoms with Gasteiger partial charge >= 0.3 is 6.09 Å². The van der Waals surface area contributed by atoms with Crippen molar-refractivity contribution in [3.8, 4) is 0 Å². The molecular formula is C20H22N2O3. The zero-order valence-electron chi connectivity index (χ0n) is 14.3. The maximum Gasteiger partial charge on any atom is 0.411 e. The molecule has 2 aromatic rings. The average molecular weight is 338 g/mol. The van der Waals surface area contributed by atoms with Crippen LogP contribution in [-0.4, -0.2) is 23.4 Å². The number of carbonyl (C=O) groups is 2. The van der Waals surface area contributed by atoms with Crippen molar-refractivity contribution in [3.63, 3.8) is 0 Å². The summed E-state index contributed by atoms with van der Waals surface area (Å²) in [6.45, 7) is 3.46. The number of nitrogens with one attached hydrogen (secondary N) is 1. The molecule has 5 heteroatoms. The van der Waals surface area contributed by atoms with Gasteiger partial charge in [0.2, 0.25) is 5.91 Å². The monoisotopic (exact) mass is 338 g/mol. The third-order valence-corrected chi connectivity index (χ3v) is 4.33. The van der Waals surface area contributed by atoms with Gasteiger partial charge in [0.1, 0.15) is 6.61 Å². The van der Waals surface area contributed by atoms with Crippen LogP contribution in [0.25, 0.3) is 0 Å². The van der Waals surface area contributed by atoms with E-state index < -0.39 is 6.09 Å². The van der Waals surface area contributed by atoms with Gasteiger partial charge in [-0.2, -0.15) is 0 Å². The van der Waals surface area contributed by atoms with Gasteiger partial charge < -0.3 is 9.64 Å². The van der Waals surface area contributed by atoms with Crippen molar-refractivity contribution < 1.29 is 14.3 Å². The highest BCUT2D eigenvalue weighted by atomic mass is 16.5. The van der Waals surface area contributed by atoms with Crippen molar-refractivity contribution in [2.45, 2.75) is 32.9 Å². The fourth-order valence-electron chi connectivity index (χ4n) is 2.95. The van der Waals surface area contributed by atoms with E-state index in [4.69, 9.17) is 4.74 Å². The molecule has 3 rings (SSSR count). The lowest BCUT2D eigenvalue weighted by Crippen LogP contribution is -2.35. The van der Waals surface area contributed by atoms with E-state index in [9.17, 15) is 9.59 Å². The lowest BCUT2D eigenvalue weighted by atomic mass is 9.99. The second-order valence-corrected chi connectivity index (χ2v) is 6.09. The molecule has 0 bridgehead atoms. The molecule has 25 heavy (non-hydrogen) atoms. The van der Waals surface area contributed by atoms with Crippen molar-refractivity contribution in [2.75, 3.05) is 11.9 Å². The lowest BCUT2D eigenvalue weighted by Gasteiger charge is -2.29. The smallest absolute Gasteiger partial charge is 0.411 e. The number of anilines is 1. The second kappa shape index (κ2) is 7.83. The van der Waals surface area contributed by atoms with Crippen LogP contribution in [-0.2, 0) is 29.1 Å². The molecule has 5 nitrogen and oxygen atoms in total. The Balaban J connectivity index is 1.60. The number of nitrogens with zero attached hydrogens (tertiary/aromatic N) is 1. The van der Waals surface area contributed by atoms with Crippen LogP contribution in [0.5, 0.6) is 0 Å². The van der Waals surface area contributed by atoms with Crippen molar-refractivity contribution in [1.29, 1.82) is 0 Å². The van der Waals surface area contributed by atoms with Crippen molar-refractivity contribution in [1.82, 2.24) is 4.90 Å². The second-order valence-electron chi connectivity index (χ2n) is 6.09. The predicted octanol–water partition coefficient (Wildman–Crippen LogP) is 3.73. The van der Waals surface area contributed by atoms with E-state index in [0.717, 1.165) is 24.1 Å². The molecule has 0 aromatic heterocycles. The molecular weight excluding hydrogens is 316 g/mol. The minimum Gasteiger partial charge on any atom is -0.444 e. The summed E-state index contributed by atoms with van der Waals surface area (Å²) in [5, 5.41) is 2.76. The van der Waals surface area contributed by atoms with Gasteiger partial charge in [-0.1, -0.05) is 43.3 Å². The quantitative estimate of drug-likeness (QED) is 0.924. The van der Waals surface area contributed by atoms with Crippen LogP contribution in [0.3, 0.4) is 0 Å². The third kappa shape index (κ3) is 4.38. The Morgan fingerprint density at radius 1 is 1.12 bits per heavy atom. The number of rotatable bonds is 4. The molecule has 0 atom stereocenters. The minimum absolute atomic E-state index is 0.159. The molecule has 0 saturated heterocycles. The number of hydrogen-bond donors (Lipinski definition) is 1. The zero-order chi connectivity index (χ0) is 17.6. The van der Waals surface area contributed by atoms with Crippen LogP contribution >= 0.6 is 0 Å². The highest BCUT2D eigenvalue weighted by Gasteiger charge is 2.20. The van der Waals surface area contributed by atoms with Gasteiger partial charge in [-0.05, 0) is 35.2 Å². The minimum atomic E-state index is -0.485. The molecule has 1 N–H and O–H groups in total. The van der Waals surface area contributed by atoms with E-state index in [2.05, 4.69) is 5.32 Å². The predicted molar refractivity (Wildman–Crippen MR) is 96.1 cm³/mol. The molecule has 0 radical (unpaired) electrons. The molecule has 1 heterocycles. The summed E-state index contributed by atoms with van der Waals surface area (Å²) >= 11 is 0. The Morgan fingerprint density at radius 3 is 2.68 bits per heavy atom. The van der Waals surface area contributed by atoms with E-state index in [1.54, 1.807) is 0 Å². The van der Waals surface area contributed by atoms with Crippen LogP contribution in [0.1, 0.15) is 30.0 Å². The summed E-state index contributed by atoms with van der Waals surface area (Å²) in [7, 11) is 0. The van der Waals surface area contributed by atoms with Gasteiger partial charge in [-0.3, -0.25) is 10.1 Å². The number of hydrogen-bond acceptors (Lipinski definition) is 3. The summed E-state index contributed by atoms with van der Waals surface area (Å²) < 4.78 is 5.24. The van der Waals surface area contributed by atoms with Crippen LogP contribution in [0.2, 0.25) is 0 Å². The molecule has 0 unspecified atom stereocenters. The first-order chi connectivity index (χ1) is 12.2. The summed E-state index contributed by atoms with van der Waals surface area (Å²) in [4.78, 5) is 25.7. The Hall–Kier alpha value is -2.82. The maximum atomic E-state index is 12.0. The van der Waals surface area contributed by atoms with Gasteiger partial charge in [0.25, 0.3) is 0 Å². The number of fused-ring (bicyclic) bond motifs is 1. The topological polar surface area (TPSA) is 58.6 Å². The first kappa shape index (κ1) is 17.0. The van der Waals surface area contributed by atoms with Gasteiger partial charge in [0.05, 0.1) is 0 Å². The first-order valence-electron chi connectivity index (χ1n) is 8.53. The zero-order valence-corrected chi connectivity index (χ0v) is 14.3.